The van der Waals surface area contributed by atoms with Gasteiger partial charge in [0.1, 0.15) is 6.54 Å². The van der Waals surface area contributed by atoms with Crippen molar-refractivity contribution >= 4 is 33.3 Å². The highest BCUT2D eigenvalue weighted by Crippen LogP contribution is 2.32. The quantitative estimate of drug-likeness (QED) is 0.775. The molecule has 7 nitrogen and oxygen atoms in total. The van der Waals surface area contributed by atoms with Crippen LogP contribution in [0.1, 0.15) is 5.01 Å². The van der Waals surface area contributed by atoms with E-state index in [1.807, 2.05) is 0 Å². The first-order valence-corrected chi connectivity index (χ1v) is 7.31. The molecular weight excluding hydrogens is 347 g/mol. The van der Waals surface area contributed by atoms with E-state index in [-0.39, 0.29) is 16.5 Å². The summed E-state index contributed by atoms with van der Waals surface area (Å²) < 4.78 is 38.3. The number of rotatable bonds is 3. The van der Waals surface area contributed by atoms with Gasteiger partial charge in [0.15, 0.2) is 0 Å². The molecule has 2 aromatic heterocycles. The van der Waals surface area contributed by atoms with Crippen LogP contribution in [0.5, 0.6) is 0 Å². The van der Waals surface area contributed by atoms with Crippen molar-refractivity contribution in [2.45, 2.75) is 12.7 Å². The van der Waals surface area contributed by atoms with Gasteiger partial charge in [-0.15, -0.1) is 10.2 Å². The Bertz CT molecular complexity index is 966. The van der Waals surface area contributed by atoms with Gasteiger partial charge in [-0.25, -0.2) is 4.98 Å². The molecule has 0 radical (unpaired) electrons. The zero-order chi connectivity index (χ0) is 17.3. The first kappa shape index (κ1) is 16.1. The number of carbonyl (C=O) groups excluding carboxylic acids is 1. The molecule has 11 heteroatoms. The lowest BCUT2D eigenvalue weighted by atomic mass is 10.2. The number of aromatic nitrogens is 4. The molecule has 124 valence electrons. The Hall–Kier alpha value is -2.82. The van der Waals surface area contributed by atoms with E-state index in [0.29, 0.717) is 10.9 Å². The van der Waals surface area contributed by atoms with Gasteiger partial charge in [-0.3, -0.25) is 19.5 Å². The number of halogens is 3. The minimum Gasteiger partial charge on any atom is -0.299 e. The molecule has 0 atom stereocenters. The standard InChI is InChI=1S/C13H8F3N5O2S/c14-13(15,16)11-19-20-12(24-11)18-9(22)5-21-6-17-8-4-2-1-3-7(8)10(21)23/h1-4,6H,5H2,(H,18,20,22). The van der Waals surface area contributed by atoms with E-state index in [9.17, 15) is 22.8 Å². The SMILES string of the molecule is O=C(Cn1cnc2ccccc2c1=O)Nc1nnc(C(F)(F)F)s1. The molecule has 24 heavy (non-hydrogen) atoms. The summed E-state index contributed by atoms with van der Waals surface area (Å²) in [4.78, 5) is 28.2. The van der Waals surface area contributed by atoms with Crippen molar-refractivity contribution in [3.05, 3.63) is 46.0 Å². The van der Waals surface area contributed by atoms with Crippen LogP contribution in [0.3, 0.4) is 0 Å². The van der Waals surface area contributed by atoms with Gasteiger partial charge >= 0.3 is 6.18 Å². The number of alkyl halides is 3. The van der Waals surface area contributed by atoms with E-state index in [1.54, 1.807) is 24.3 Å². The zero-order valence-corrected chi connectivity index (χ0v) is 12.6. The molecule has 0 spiro atoms. The zero-order valence-electron chi connectivity index (χ0n) is 11.7. The number of hydrogen-bond donors (Lipinski definition) is 1. The Balaban J connectivity index is 1.77. The topological polar surface area (TPSA) is 89.8 Å². The fraction of sp³-hybridized carbons (Fsp3) is 0.154. The summed E-state index contributed by atoms with van der Waals surface area (Å²) in [5.41, 5.74) is 0.0575. The van der Waals surface area contributed by atoms with E-state index in [1.165, 1.54) is 6.33 Å². The fourth-order valence-electron chi connectivity index (χ4n) is 1.92. The molecule has 2 heterocycles. The van der Waals surface area contributed by atoms with Crippen molar-refractivity contribution in [2.24, 2.45) is 0 Å². The lowest BCUT2D eigenvalue weighted by molar-refractivity contribution is -0.138. The lowest BCUT2D eigenvalue weighted by Crippen LogP contribution is -2.27. The van der Waals surface area contributed by atoms with E-state index in [4.69, 9.17) is 0 Å². The Labute approximate surface area is 135 Å². The van der Waals surface area contributed by atoms with Crippen LogP contribution in [0.15, 0.2) is 35.4 Å². The first-order chi connectivity index (χ1) is 11.3. The number of hydrogen-bond acceptors (Lipinski definition) is 6. The second kappa shape index (κ2) is 6.00. The number of benzene rings is 1. The third-order valence-electron chi connectivity index (χ3n) is 2.96. The number of para-hydroxylation sites is 1. The van der Waals surface area contributed by atoms with Gasteiger partial charge in [-0.1, -0.05) is 23.5 Å². The summed E-state index contributed by atoms with van der Waals surface area (Å²) in [6.07, 6.45) is -3.43. The van der Waals surface area contributed by atoms with Crippen molar-refractivity contribution < 1.29 is 18.0 Å². The second-order valence-corrected chi connectivity index (χ2v) is 5.63. The molecule has 0 bridgehead atoms. The molecule has 0 unspecified atom stereocenters. The number of nitrogens with one attached hydrogen (secondary N) is 1. The van der Waals surface area contributed by atoms with Crippen LogP contribution in [-0.4, -0.2) is 25.7 Å². The van der Waals surface area contributed by atoms with Gasteiger partial charge in [-0.2, -0.15) is 13.2 Å². The van der Waals surface area contributed by atoms with Gasteiger partial charge in [0.2, 0.25) is 16.0 Å². The highest BCUT2D eigenvalue weighted by Gasteiger charge is 2.35. The van der Waals surface area contributed by atoms with E-state index in [0.717, 1.165) is 4.57 Å². The molecule has 3 aromatic rings. The van der Waals surface area contributed by atoms with Gasteiger partial charge in [0.25, 0.3) is 5.56 Å². The maximum atomic E-state index is 12.4. The highest BCUT2D eigenvalue weighted by molar-refractivity contribution is 7.15. The summed E-state index contributed by atoms with van der Waals surface area (Å²) in [5, 5.41) is 7.26. The van der Waals surface area contributed by atoms with Crippen LogP contribution in [0, 0.1) is 0 Å². The predicted molar refractivity (Wildman–Crippen MR) is 79.5 cm³/mol. The van der Waals surface area contributed by atoms with Crippen LogP contribution in [0.2, 0.25) is 0 Å². The summed E-state index contributed by atoms with van der Waals surface area (Å²) in [5.74, 6) is -0.709. The third kappa shape index (κ3) is 3.25. The molecule has 1 aromatic carbocycles. The summed E-state index contributed by atoms with van der Waals surface area (Å²) in [6.45, 7) is -0.405. The van der Waals surface area contributed by atoms with Gasteiger partial charge in [0, 0.05) is 0 Å². The summed E-state index contributed by atoms with van der Waals surface area (Å²) in [7, 11) is 0. The summed E-state index contributed by atoms with van der Waals surface area (Å²) in [6, 6.07) is 6.61. The van der Waals surface area contributed by atoms with Crippen molar-refractivity contribution in [2.75, 3.05) is 5.32 Å². The van der Waals surface area contributed by atoms with Crippen molar-refractivity contribution in [1.82, 2.24) is 19.7 Å². The Morgan fingerprint density at radius 1 is 1.25 bits per heavy atom. The molecule has 0 aliphatic rings. The fourth-order valence-corrected chi connectivity index (χ4v) is 2.55. The Kier molecular flexibility index (Phi) is 4.01. The Morgan fingerprint density at radius 3 is 2.71 bits per heavy atom. The maximum absolute atomic E-state index is 12.4. The van der Waals surface area contributed by atoms with E-state index in [2.05, 4.69) is 20.5 Å². The second-order valence-electron chi connectivity index (χ2n) is 4.65. The van der Waals surface area contributed by atoms with Crippen LogP contribution >= 0.6 is 11.3 Å². The molecule has 3 rings (SSSR count). The minimum atomic E-state index is -4.63. The van der Waals surface area contributed by atoms with Crippen LogP contribution < -0.4 is 10.9 Å². The average molecular weight is 355 g/mol. The van der Waals surface area contributed by atoms with Gasteiger partial charge in [0.05, 0.1) is 17.2 Å². The molecular formula is C13H8F3N5O2S. The normalized spacial score (nSPS) is 11.6. The molecule has 0 fully saturated rings. The molecule has 1 amide bonds. The number of fused-ring (bicyclic) bond motifs is 1. The lowest BCUT2D eigenvalue weighted by Gasteiger charge is -2.06. The first-order valence-electron chi connectivity index (χ1n) is 6.49. The van der Waals surface area contributed by atoms with Crippen molar-refractivity contribution in [1.29, 1.82) is 0 Å². The smallest absolute Gasteiger partial charge is 0.299 e. The number of amides is 1. The molecule has 0 saturated carbocycles. The monoisotopic (exact) mass is 355 g/mol. The van der Waals surface area contributed by atoms with Crippen molar-refractivity contribution in [3.8, 4) is 0 Å². The summed E-state index contributed by atoms with van der Waals surface area (Å²) >= 11 is 0.203. The molecule has 0 aliphatic heterocycles. The average Bonchev–Trinajstić information content (AvgIpc) is 2.99. The molecule has 0 aliphatic carbocycles. The van der Waals surface area contributed by atoms with E-state index < -0.39 is 29.2 Å². The van der Waals surface area contributed by atoms with Gasteiger partial charge < -0.3 is 0 Å². The van der Waals surface area contributed by atoms with Crippen LogP contribution in [0.4, 0.5) is 18.3 Å². The molecule has 0 saturated heterocycles. The highest BCUT2D eigenvalue weighted by atomic mass is 32.1. The van der Waals surface area contributed by atoms with E-state index >= 15 is 0 Å². The van der Waals surface area contributed by atoms with Crippen molar-refractivity contribution in [3.63, 3.8) is 0 Å². The Morgan fingerprint density at radius 2 is 2.00 bits per heavy atom. The molecule has 1 N–H and O–H groups in total. The predicted octanol–water partition coefficient (Wildman–Crippen LogP) is 1.91. The third-order valence-corrected chi connectivity index (χ3v) is 3.84. The number of nitrogens with zero attached hydrogens (tertiary/aromatic N) is 4. The van der Waals surface area contributed by atoms with Crippen LogP contribution in [0.25, 0.3) is 10.9 Å². The van der Waals surface area contributed by atoms with Gasteiger partial charge in [-0.05, 0) is 12.1 Å². The number of anilines is 1. The maximum Gasteiger partial charge on any atom is 0.445 e. The van der Waals surface area contributed by atoms with Crippen LogP contribution in [-0.2, 0) is 17.5 Å². The number of carbonyl (C=O) groups is 1. The largest absolute Gasteiger partial charge is 0.445 e. The minimum absolute atomic E-state index is 0.203.